The molecule has 0 radical (unpaired) electrons. The average Bonchev–Trinajstić information content (AvgIpc) is 3.35. The Morgan fingerprint density at radius 3 is 2.21 bits per heavy atom. The highest BCUT2D eigenvalue weighted by molar-refractivity contribution is 6.20. The van der Waals surface area contributed by atoms with E-state index in [2.05, 4.69) is 0 Å². The summed E-state index contributed by atoms with van der Waals surface area (Å²) in [4.78, 5) is 41.9. The van der Waals surface area contributed by atoms with Gasteiger partial charge in [-0.1, -0.05) is 41.5 Å². The molecule has 0 bridgehead atoms. The molecule has 1 fully saturated rings. The van der Waals surface area contributed by atoms with Crippen molar-refractivity contribution in [3.05, 3.63) is 70.8 Å². The van der Waals surface area contributed by atoms with Crippen LogP contribution in [0.2, 0.25) is 0 Å². The van der Waals surface area contributed by atoms with E-state index in [1.807, 2.05) is 31.2 Å². The third-order valence-electron chi connectivity index (χ3n) is 4.62. The molecule has 2 aromatic carbocycles. The number of hydroxylamine groups is 2. The van der Waals surface area contributed by atoms with Crippen LogP contribution in [0.5, 0.6) is 0 Å². The Hall–Kier alpha value is -2.95. The average molecular weight is 321 g/mol. The summed E-state index contributed by atoms with van der Waals surface area (Å²) >= 11 is 0. The largest absolute Gasteiger partial charge is 0.336 e. The van der Waals surface area contributed by atoms with Gasteiger partial charge in [0.1, 0.15) is 0 Å². The third kappa shape index (κ3) is 2.21. The molecule has 5 heteroatoms. The van der Waals surface area contributed by atoms with Gasteiger partial charge in [-0.05, 0) is 42.5 Å². The molecule has 1 heterocycles. The molecule has 0 N–H and O–H groups in total. The number of amides is 2. The van der Waals surface area contributed by atoms with E-state index in [4.69, 9.17) is 4.84 Å². The smallest absolute Gasteiger partial charge is 0.329 e. The molecule has 0 unspecified atom stereocenters. The first-order valence-corrected chi connectivity index (χ1v) is 7.83. The summed E-state index contributed by atoms with van der Waals surface area (Å²) in [6.07, 6.45) is 0.673. The fourth-order valence-corrected chi connectivity index (χ4v) is 3.21. The number of carbonyl (C=O) groups is 3. The summed E-state index contributed by atoms with van der Waals surface area (Å²) in [5.41, 5.74) is 2.77. The number of hydrogen-bond acceptors (Lipinski definition) is 4. The number of rotatable bonds is 3. The second kappa shape index (κ2) is 5.30. The van der Waals surface area contributed by atoms with Crippen LogP contribution in [-0.2, 0) is 9.63 Å². The Kier molecular flexibility index (Phi) is 3.23. The highest BCUT2D eigenvalue weighted by atomic mass is 16.7. The zero-order valence-corrected chi connectivity index (χ0v) is 13.1. The van der Waals surface area contributed by atoms with Gasteiger partial charge in [0.2, 0.25) is 0 Å². The lowest BCUT2D eigenvalue weighted by molar-refractivity contribution is -0.170. The maximum absolute atomic E-state index is 12.3. The van der Waals surface area contributed by atoms with E-state index >= 15 is 0 Å². The number of nitrogens with zero attached hydrogens (tertiary/aromatic N) is 1. The molecule has 0 saturated heterocycles. The van der Waals surface area contributed by atoms with Gasteiger partial charge in [0.05, 0.1) is 17.0 Å². The predicted octanol–water partition coefficient (Wildman–Crippen LogP) is 2.85. The Morgan fingerprint density at radius 1 is 1.00 bits per heavy atom. The quantitative estimate of drug-likeness (QED) is 0.816. The Balaban J connectivity index is 1.48. The van der Waals surface area contributed by atoms with Crippen molar-refractivity contribution in [2.75, 3.05) is 0 Å². The van der Waals surface area contributed by atoms with Crippen LogP contribution in [0.3, 0.4) is 0 Å². The first-order chi connectivity index (χ1) is 11.6. The fraction of sp³-hybridized carbons (Fsp3) is 0.211. The van der Waals surface area contributed by atoms with Crippen LogP contribution < -0.4 is 0 Å². The molecule has 1 saturated carbocycles. The second-order valence-corrected chi connectivity index (χ2v) is 6.17. The lowest BCUT2D eigenvalue weighted by Crippen LogP contribution is -2.33. The SMILES string of the molecule is Cc1ccccc1[C@@H]1C[C@H]1C(=O)ON1C(=O)c2ccccc2C1=O. The zero-order chi connectivity index (χ0) is 16.8. The Bertz CT molecular complexity index is 838. The summed E-state index contributed by atoms with van der Waals surface area (Å²) < 4.78 is 0. The van der Waals surface area contributed by atoms with Crippen LogP contribution >= 0.6 is 0 Å². The van der Waals surface area contributed by atoms with E-state index in [-0.39, 0.29) is 23.0 Å². The van der Waals surface area contributed by atoms with Gasteiger partial charge in [0.25, 0.3) is 11.8 Å². The van der Waals surface area contributed by atoms with Gasteiger partial charge in [0.15, 0.2) is 0 Å². The molecule has 1 aliphatic carbocycles. The number of carbonyl (C=O) groups excluding carboxylic acids is 3. The van der Waals surface area contributed by atoms with E-state index in [0.29, 0.717) is 11.5 Å². The number of hydrogen-bond donors (Lipinski definition) is 0. The fourth-order valence-electron chi connectivity index (χ4n) is 3.21. The van der Waals surface area contributed by atoms with Crippen LogP contribution in [0.25, 0.3) is 0 Å². The minimum atomic E-state index is -0.586. The van der Waals surface area contributed by atoms with E-state index in [0.717, 1.165) is 11.1 Å². The third-order valence-corrected chi connectivity index (χ3v) is 4.62. The summed E-state index contributed by atoms with van der Waals surface area (Å²) in [5, 5.41) is 0.584. The molecule has 1 aliphatic heterocycles. The molecule has 2 atom stereocenters. The molecule has 120 valence electrons. The van der Waals surface area contributed by atoms with Crippen molar-refractivity contribution >= 4 is 17.8 Å². The number of benzene rings is 2. The lowest BCUT2D eigenvalue weighted by atomic mass is 10.0. The van der Waals surface area contributed by atoms with E-state index in [1.54, 1.807) is 24.3 Å². The van der Waals surface area contributed by atoms with Crippen LogP contribution in [-0.4, -0.2) is 22.8 Å². The second-order valence-electron chi connectivity index (χ2n) is 6.17. The number of imide groups is 1. The van der Waals surface area contributed by atoms with Crippen LogP contribution in [0.1, 0.15) is 44.2 Å². The van der Waals surface area contributed by atoms with Crippen molar-refractivity contribution in [1.29, 1.82) is 0 Å². The maximum Gasteiger partial charge on any atom is 0.336 e. The first kappa shape index (κ1) is 14.6. The monoisotopic (exact) mass is 321 g/mol. The lowest BCUT2D eigenvalue weighted by Gasteiger charge is -2.12. The van der Waals surface area contributed by atoms with Crippen molar-refractivity contribution < 1.29 is 19.2 Å². The van der Waals surface area contributed by atoms with Crippen LogP contribution in [0.4, 0.5) is 0 Å². The molecule has 2 amide bonds. The van der Waals surface area contributed by atoms with Crippen molar-refractivity contribution in [2.24, 2.45) is 5.92 Å². The molecular formula is C19H15NO4. The molecule has 24 heavy (non-hydrogen) atoms. The molecule has 0 spiro atoms. The molecule has 5 nitrogen and oxygen atoms in total. The standard InChI is InChI=1S/C19H15NO4/c1-11-6-2-3-7-12(11)15-10-16(15)19(23)24-20-17(21)13-8-4-5-9-14(13)18(20)22/h2-9,15-16H,10H2,1H3/t15-,16+/m0/s1. The van der Waals surface area contributed by atoms with Crippen molar-refractivity contribution in [3.63, 3.8) is 0 Å². The van der Waals surface area contributed by atoms with Gasteiger partial charge in [-0.3, -0.25) is 9.59 Å². The normalized spacial score (nSPS) is 21.6. The topological polar surface area (TPSA) is 63.7 Å². The van der Waals surface area contributed by atoms with Gasteiger partial charge < -0.3 is 4.84 Å². The maximum atomic E-state index is 12.3. The van der Waals surface area contributed by atoms with Crippen LogP contribution in [0, 0.1) is 12.8 Å². The molecule has 0 aromatic heterocycles. The zero-order valence-electron chi connectivity index (χ0n) is 13.1. The Labute approximate surface area is 138 Å². The van der Waals surface area contributed by atoms with Gasteiger partial charge in [-0.25, -0.2) is 4.79 Å². The summed E-state index contributed by atoms with van der Waals surface area (Å²) in [6, 6.07) is 14.3. The van der Waals surface area contributed by atoms with Crippen LogP contribution in [0.15, 0.2) is 48.5 Å². The van der Waals surface area contributed by atoms with Gasteiger partial charge in [-0.2, -0.15) is 0 Å². The number of fused-ring (bicyclic) bond motifs is 1. The highest BCUT2D eigenvalue weighted by Crippen LogP contribution is 2.49. The van der Waals surface area contributed by atoms with Crippen molar-refractivity contribution in [2.45, 2.75) is 19.3 Å². The molecular weight excluding hydrogens is 306 g/mol. The minimum absolute atomic E-state index is 0.0916. The van der Waals surface area contributed by atoms with Crippen molar-refractivity contribution in [3.8, 4) is 0 Å². The number of aryl methyl sites for hydroxylation is 1. The summed E-state index contributed by atoms with van der Waals surface area (Å²) in [5.74, 6) is -1.92. The minimum Gasteiger partial charge on any atom is -0.329 e. The van der Waals surface area contributed by atoms with Gasteiger partial charge >= 0.3 is 5.97 Å². The van der Waals surface area contributed by atoms with E-state index in [1.165, 1.54) is 0 Å². The summed E-state index contributed by atoms with van der Waals surface area (Å²) in [6.45, 7) is 2.00. The van der Waals surface area contributed by atoms with Crippen molar-refractivity contribution in [1.82, 2.24) is 5.06 Å². The van der Waals surface area contributed by atoms with E-state index in [9.17, 15) is 14.4 Å². The van der Waals surface area contributed by atoms with E-state index < -0.39 is 17.8 Å². The molecule has 2 aromatic rings. The van der Waals surface area contributed by atoms with Gasteiger partial charge in [0, 0.05) is 0 Å². The summed E-state index contributed by atoms with van der Waals surface area (Å²) in [7, 11) is 0. The molecule has 4 rings (SSSR count). The molecule has 2 aliphatic rings. The Morgan fingerprint density at radius 2 is 1.58 bits per heavy atom. The first-order valence-electron chi connectivity index (χ1n) is 7.83. The highest BCUT2D eigenvalue weighted by Gasteiger charge is 2.48. The van der Waals surface area contributed by atoms with Gasteiger partial charge in [-0.15, -0.1) is 0 Å². The predicted molar refractivity (Wildman–Crippen MR) is 85.1 cm³/mol.